The van der Waals surface area contributed by atoms with Gasteiger partial charge >= 0.3 is 0 Å². The zero-order valence-corrected chi connectivity index (χ0v) is 11.1. The largest absolute Gasteiger partial charge is 0.394 e. The minimum absolute atomic E-state index is 0.101. The SMILES string of the molecule is CC1(C)O[C@@H]2[C@@H](O1)[C@@H](CO)O[C@H]2n1cnc(C(N)=O)n1. The Morgan fingerprint density at radius 2 is 2.20 bits per heavy atom. The van der Waals surface area contributed by atoms with Crippen LogP contribution >= 0.6 is 0 Å². The smallest absolute Gasteiger partial charge is 0.288 e. The van der Waals surface area contributed by atoms with Gasteiger partial charge in [0.1, 0.15) is 24.6 Å². The van der Waals surface area contributed by atoms with Crippen LogP contribution in [0.2, 0.25) is 0 Å². The molecule has 9 heteroatoms. The molecule has 3 heterocycles. The molecule has 0 spiro atoms. The normalized spacial score (nSPS) is 35.1. The highest BCUT2D eigenvalue weighted by molar-refractivity contribution is 5.88. The summed E-state index contributed by atoms with van der Waals surface area (Å²) in [5.41, 5.74) is 5.12. The number of aromatic nitrogens is 3. The van der Waals surface area contributed by atoms with Gasteiger partial charge < -0.3 is 25.1 Å². The number of carbonyl (C=O) groups is 1. The molecule has 0 saturated carbocycles. The van der Waals surface area contributed by atoms with Crippen molar-refractivity contribution in [2.45, 2.75) is 44.2 Å². The molecule has 4 atom stereocenters. The summed E-state index contributed by atoms with van der Waals surface area (Å²) in [6, 6.07) is 0. The molecule has 0 aliphatic carbocycles. The Hall–Kier alpha value is -1.55. The highest BCUT2D eigenvalue weighted by Gasteiger charge is 2.56. The number of carbonyl (C=O) groups excluding carboxylic acids is 1. The summed E-state index contributed by atoms with van der Waals surface area (Å²) in [5.74, 6) is -1.59. The van der Waals surface area contributed by atoms with E-state index < -0.39 is 36.2 Å². The van der Waals surface area contributed by atoms with Crippen LogP contribution in [-0.4, -0.2) is 56.5 Å². The van der Waals surface area contributed by atoms with Gasteiger partial charge in [-0.1, -0.05) is 0 Å². The Morgan fingerprint density at radius 1 is 1.50 bits per heavy atom. The Kier molecular flexibility index (Phi) is 3.01. The van der Waals surface area contributed by atoms with Gasteiger partial charge in [0, 0.05) is 0 Å². The first-order valence-corrected chi connectivity index (χ1v) is 6.24. The lowest BCUT2D eigenvalue weighted by molar-refractivity contribution is -0.201. The lowest BCUT2D eigenvalue weighted by atomic mass is 10.1. The molecule has 3 N–H and O–H groups in total. The van der Waals surface area contributed by atoms with Crippen LogP contribution < -0.4 is 5.73 Å². The van der Waals surface area contributed by atoms with Crippen LogP contribution in [0.4, 0.5) is 0 Å². The molecule has 2 saturated heterocycles. The quantitative estimate of drug-likeness (QED) is 0.713. The van der Waals surface area contributed by atoms with Crippen molar-refractivity contribution in [2.75, 3.05) is 6.61 Å². The summed E-state index contributed by atoms with van der Waals surface area (Å²) in [4.78, 5) is 14.8. The molecule has 2 aliphatic rings. The fourth-order valence-corrected chi connectivity index (χ4v) is 2.53. The van der Waals surface area contributed by atoms with E-state index in [1.807, 2.05) is 0 Å². The predicted octanol–water partition coefficient (Wildman–Crippen LogP) is -1.21. The number of aliphatic hydroxyl groups is 1. The van der Waals surface area contributed by atoms with E-state index in [2.05, 4.69) is 10.1 Å². The Bertz CT molecular complexity index is 531. The maximum Gasteiger partial charge on any atom is 0.288 e. The molecular weight excluding hydrogens is 268 g/mol. The van der Waals surface area contributed by atoms with Crippen LogP contribution in [-0.2, 0) is 14.2 Å². The topological polar surface area (TPSA) is 122 Å². The molecule has 0 unspecified atom stereocenters. The van der Waals surface area contributed by atoms with E-state index in [1.54, 1.807) is 13.8 Å². The van der Waals surface area contributed by atoms with Gasteiger partial charge in [0.2, 0.25) is 5.82 Å². The molecule has 0 radical (unpaired) electrons. The van der Waals surface area contributed by atoms with Crippen LogP contribution in [0.25, 0.3) is 0 Å². The Balaban J connectivity index is 1.87. The van der Waals surface area contributed by atoms with E-state index in [0.717, 1.165) is 0 Å². The molecule has 1 aromatic rings. The Morgan fingerprint density at radius 3 is 2.80 bits per heavy atom. The number of primary amides is 1. The fourth-order valence-electron chi connectivity index (χ4n) is 2.53. The van der Waals surface area contributed by atoms with Gasteiger partial charge in [-0.05, 0) is 13.8 Å². The molecule has 0 aromatic carbocycles. The van der Waals surface area contributed by atoms with Gasteiger partial charge in [0.15, 0.2) is 12.0 Å². The summed E-state index contributed by atoms with van der Waals surface area (Å²) < 4.78 is 18.5. The molecule has 3 rings (SSSR count). The molecule has 110 valence electrons. The third-order valence-corrected chi connectivity index (χ3v) is 3.29. The second-order valence-electron chi connectivity index (χ2n) is 5.22. The van der Waals surface area contributed by atoms with Crippen LogP contribution in [0.5, 0.6) is 0 Å². The number of nitrogens with two attached hydrogens (primary N) is 1. The van der Waals surface area contributed by atoms with Crippen molar-refractivity contribution >= 4 is 5.91 Å². The first-order valence-electron chi connectivity index (χ1n) is 6.24. The first kappa shape index (κ1) is 13.4. The van der Waals surface area contributed by atoms with E-state index in [1.165, 1.54) is 11.0 Å². The monoisotopic (exact) mass is 284 g/mol. The van der Waals surface area contributed by atoms with E-state index >= 15 is 0 Å². The predicted molar refractivity (Wildman–Crippen MR) is 63.4 cm³/mol. The Labute approximate surface area is 114 Å². The van der Waals surface area contributed by atoms with Gasteiger partial charge in [-0.3, -0.25) is 4.79 Å². The van der Waals surface area contributed by atoms with E-state index in [-0.39, 0.29) is 12.4 Å². The second kappa shape index (κ2) is 4.48. The molecule has 2 fully saturated rings. The highest BCUT2D eigenvalue weighted by Crippen LogP contribution is 2.42. The second-order valence-corrected chi connectivity index (χ2v) is 5.22. The zero-order valence-electron chi connectivity index (χ0n) is 11.1. The van der Waals surface area contributed by atoms with Gasteiger partial charge in [0.05, 0.1) is 6.61 Å². The number of nitrogens with zero attached hydrogens (tertiary/aromatic N) is 3. The molecule has 1 aromatic heterocycles. The van der Waals surface area contributed by atoms with E-state index in [9.17, 15) is 9.90 Å². The number of aliphatic hydroxyl groups excluding tert-OH is 1. The number of rotatable bonds is 3. The maximum absolute atomic E-state index is 11.0. The lowest BCUT2D eigenvalue weighted by Crippen LogP contribution is -2.31. The fraction of sp³-hybridized carbons (Fsp3) is 0.727. The number of hydrogen-bond acceptors (Lipinski definition) is 7. The van der Waals surface area contributed by atoms with Crippen LogP contribution in [0, 0.1) is 0 Å². The van der Waals surface area contributed by atoms with Gasteiger partial charge in [0.25, 0.3) is 5.91 Å². The third kappa shape index (κ3) is 2.08. The molecule has 9 nitrogen and oxygen atoms in total. The summed E-state index contributed by atoms with van der Waals surface area (Å²) >= 11 is 0. The van der Waals surface area contributed by atoms with E-state index in [0.29, 0.717) is 0 Å². The van der Waals surface area contributed by atoms with Gasteiger partial charge in [-0.15, -0.1) is 5.10 Å². The lowest BCUT2D eigenvalue weighted by Gasteiger charge is -2.23. The molecule has 20 heavy (non-hydrogen) atoms. The zero-order chi connectivity index (χ0) is 14.5. The van der Waals surface area contributed by atoms with Crippen LogP contribution in [0.3, 0.4) is 0 Å². The minimum atomic E-state index is -0.766. The number of hydrogen-bond donors (Lipinski definition) is 2. The van der Waals surface area contributed by atoms with Gasteiger partial charge in [-0.25, -0.2) is 9.67 Å². The third-order valence-electron chi connectivity index (χ3n) is 3.29. The summed E-state index contributed by atoms with van der Waals surface area (Å²) in [6.45, 7) is 3.37. The average molecular weight is 284 g/mol. The van der Waals surface area contributed by atoms with Crippen molar-refractivity contribution in [3.63, 3.8) is 0 Å². The van der Waals surface area contributed by atoms with Crippen molar-refractivity contribution in [1.29, 1.82) is 0 Å². The molecule has 0 bridgehead atoms. The maximum atomic E-state index is 11.0. The standard InChI is InChI=1S/C11H16N4O5/c1-11(2)19-6-5(3-16)18-10(7(6)20-11)15-4-13-9(14-15)8(12)17/h4-7,10,16H,3H2,1-2H3,(H2,12,17)/t5-,6+,7-,10-/m1/s1. The van der Waals surface area contributed by atoms with Crippen molar-refractivity contribution in [2.24, 2.45) is 5.73 Å². The van der Waals surface area contributed by atoms with Crippen molar-refractivity contribution in [3.8, 4) is 0 Å². The van der Waals surface area contributed by atoms with Crippen molar-refractivity contribution in [3.05, 3.63) is 12.2 Å². The first-order chi connectivity index (χ1) is 9.41. The van der Waals surface area contributed by atoms with Gasteiger partial charge in [-0.2, -0.15) is 0 Å². The molecule has 1 amide bonds. The highest BCUT2D eigenvalue weighted by atomic mass is 16.8. The average Bonchev–Trinajstić information content (AvgIpc) is 3.01. The number of fused-ring (bicyclic) bond motifs is 1. The van der Waals surface area contributed by atoms with Crippen molar-refractivity contribution in [1.82, 2.24) is 14.8 Å². The molecule has 2 aliphatic heterocycles. The summed E-state index contributed by atoms with van der Waals surface area (Å²) in [5, 5.41) is 13.3. The minimum Gasteiger partial charge on any atom is -0.394 e. The number of amides is 1. The van der Waals surface area contributed by atoms with Crippen LogP contribution in [0.1, 0.15) is 30.7 Å². The van der Waals surface area contributed by atoms with Crippen molar-refractivity contribution < 1.29 is 24.1 Å². The summed E-state index contributed by atoms with van der Waals surface area (Å²) in [7, 11) is 0. The number of ether oxygens (including phenoxy) is 3. The van der Waals surface area contributed by atoms with Crippen LogP contribution in [0.15, 0.2) is 6.33 Å². The molecular formula is C11H16N4O5. The summed E-state index contributed by atoms with van der Waals surface area (Å²) in [6.07, 6.45) is -0.644. The van der Waals surface area contributed by atoms with E-state index in [4.69, 9.17) is 19.9 Å².